The van der Waals surface area contributed by atoms with Crippen molar-refractivity contribution in [2.45, 2.75) is 32.2 Å². The molecule has 0 spiro atoms. The Bertz CT molecular complexity index is 642. The number of piperazine rings is 1. The summed E-state index contributed by atoms with van der Waals surface area (Å²) in [5, 5.41) is 7.00. The monoisotopic (exact) mass is 416 g/mol. The van der Waals surface area contributed by atoms with Crippen molar-refractivity contribution in [3.63, 3.8) is 0 Å². The fourth-order valence-electron chi connectivity index (χ4n) is 4.51. The van der Waals surface area contributed by atoms with Crippen LogP contribution in [0.5, 0.6) is 5.75 Å². The third kappa shape index (κ3) is 6.51. The summed E-state index contributed by atoms with van der Waals surface area (Å²) in [4.78, 5) is 12.0. The van der Waals surface area contributed by atoms with Crippen LogP contribution in [0.2, 0.25) is 0 Å². The van der Waals surface area contributed by atoms with Crippen molar-refractivity contribution in [1.29, 1.82) is 0 Å². The maximum Gasteiger partial charge on any atom is 0.191 e. The molecular formula is C23H40N6O. The second-order valence-electron chi connectivity index (χ2n) is 8.18. The van der Waals surface area contributed by atoms with Crippen molar-refractivity contribution in [3.05, 3.63) is 24.3 Å². The van der Waals surface area contributed by atoms with Crippen molar-refractivity contribution < 1.29 is 4.74 Å². The number of hydrogen-bond donors (Lipinski definition) is 2. The fraction of sp³-hybridized carbons (Fsp3) is 0.696. The minimum absolute atomic E-state index is 0.649. The molecule has 1 aromatic rings. The van der Waals surface area contributed by atoms with Crippen LogP contribution in [0.4, 0.5) is 5.69 Å². The lowest BCUT2D eigenvalue weighted by atomic mass is 10.2. The number of hydrogen-bond acceptors (Lipinski definition) is 5. The van der Waals surface area contributed by atoms with E-state index in [0.717, 1.165) is 70.5 Å². The van der Waals surface area contributed by atoms with Gasteiger partial charge in [-0.15, -0.1) is 0 Å². The molecule has 2 aliphatic heterocycles. The summed E-state index contributed by atoms with van der Waals surface area (Å²) in [7, 11) is 3.57. The number of rotatable bonds is 9. The maximum atomic E-state index is 5.26. The van der Waals surface area contributed by atoms with Gasteiger partial charge in [0.25, 0.3) is 0 Å². The highest BCUT2D eigenvalue weighted by molar-refractivity contribution is 5.79. The van der Waals surface area contributed by atoms with Crippen LogP contribution in [0, 0.1) is 0 Å². The fourth-order valence-corrected chi connectivity index (χ4v) is 4.51. The van der Waals surface area contributed by atoms with E-state index < -0.39 is 0 Å². The molecule has 30 heavy (non-hydrogen) atoms. The topological polar surface area (TPSA) is 55.4 Å². The summed E-state index contributed by atoms with van der Waals surface area (Å²) >= 11 is 0. The average molecular weight is 417 g/mol. The molecular weight excluding hydrogens is 376 g/mol. The minimum atomic E-state index is 0.649. The van der Waals surface area contributed by atoms with E-state index in [9.17, 15) is 0 Å². The predicted molar refractivity (Wildman–Crippen MR) is 126 cm³/mol. The van der Waals surface area contributed by atoms with E-state index in [2.05, 4.69) is 49.4 Å². The normalized spacial score (nSPS) is 21.1. The Morgan fingerprint density at radius 1 is 1.10 bits per heavy atom. The van der Waals surface area contributed by atoms with Crippen LogP contribution in [0.25, 0.3) is 0 Å². The molecule has 0 radical (unpaired) electrons. The molecule has 7 heteroatoms. The molecule has 1 unspecified atom stereocenters. The molecule has 0 bridgehead atoms. The van der Waals surface area contributed by atoms with Gasteiger partial charge in [-0.05, 0) is 63.2 Å². The van der Waals surface area contributed by atoms with E-state index in [1.807, 2.05) is 19.2 Å². The second-order valence-corrected chi connectivity index (χ2v) is 8.18. The number of ether oxygens (including phenoxy) is 1. The molecule has 168 valence electrons. The highest BCUT2D eigenvalue weighted by Gasteiger charge is 2.22. The highest BCUT2D eigenvalue weighted by Crippen LogP contribution is 2.20. The standard InChI is InChI=1S/C23H40N6O/c1-4-28-14-5-7-21(28)19-26-23(24-2)25-12-6-13-27-15-17-29(18-16-27)20-8-10-22(30-3)11-9-20/h8-11,21H,4-7,12-19H2,1-3H3,(H2,24,25,26). The molecule has 0 amide bonds. The smallest absolute Gasteiger partial charge is 0.191 e. The summed E-state index contributed by atoms with van der Waals surface area (Å²) in [6, 6.07) is 9.04. The zero-order valence-corrected chi connectivity index (χ0v) is 19.1. The first kappa shape index (κ1) is 22.7. The third-order valence-electron chi connectivity index (χ3n) is 6.39. The Hall–Kier alpha value is -1.99. The van der Waals surface area contributed by atoms with E-state index >= 15 is 0 Å². The number of guanidine groups is 1. The minimum Gasteiger partial charge on any atom is -0.497 e. The second kappa shape index (κ2) is 12.0. The molecule has 1 aromatic carbocycles. The zero-order chi connectivity index (χ0) is 21.2. The van der Waals surface area contributed by atoms with Gasteiger partial charge >= 0.3 is 0 Å². The molecule has 0 saturated carbocycles. The van der Waals surface area contributed by atoms with E-state index in [-0.39, 0.29) is 0 Å². The highest BCUT2D eigenvalue weighted by atomic mass is 16.5. The van der Waals surface area contributed by atoms with Crippen LogP contribution in [0.15, 0.2) is 29.3 Å². The molecule has 2 N–H and O–H groups in total. The van der Waals surface area contributed by atoms with E-state index in [4.69, 9.17) is 4.74 Å². The van der Waals surface area contributed by atoms with Gasteiger partial charge in [-0.2, -0.15) is 0 Å². The van der Waals surface area contributed by atoms with Crippen molar-refractivity contribution in [2.24, 2.45) is 4.99 Å². The molecule has 2 saturated heterocycles. The number of nitrogens with zero attached hydrogens (tertiary/aromatic N) is 4. The van der Waals surface area contributed by atoms with Gasteiger partial charge in [-0.1, -0.05) is 6.92 Å². The lowest BCUT2D eigenvalue weighted by molar-refractivity contribution is 0.255. The molecule has 3 rings (SSSR count). The first-order chi connectivity index (χ1) is 14.7. The van der Waals surface area contributed by atoms with Crippen molar-refractivity contribution >= 4 is 11.6 Å². The summed E-state index contributed by atoms with van der Waals surface area (Å²) < 4.78 is 5.26. The number of aliphatic imine (C=N–C) groups is 1. The predicted octanol–water partition coefficient (Wildman–Crippen LogP) is 1.86. The molecule has 7 nitrogen and oxygen atoms in total. The van der Waals surface area contributed by atoms with Crippen LogP contribution in [-0.2, 0) is 0 Å². The van der Waals surface area contributed by atoms with E-state index in [1.54, 1.807) is 7.11 Å². The Balaban J connectivity index is 1.29. The molecule has 2 aliphatic rings. The first-order valence-corrected chi connectivity index (χ1v) is 11.5. The SMILES string of the molecule is CCN1CCCC1CNC(=NC)NCCCN1CCN(c2ccc(OC)cc2)CC1. The van der Waals surface area contributed by atoms with Gasteiger partial charge in [0.1, 0.15) is 5.75 Å². The van der Waals surface area contributed by atoms with Gasteiger partial charge in [-0.3, -0.25) is 14.8 Å². The number of likely N-dealkylation sites (N-methyl/N-ethyl adjacent to an activating group) is 1. The molecule has 2 fully saturated rings. The number of methoxy groups -OCH3 is 1. The maximum absolute atomic E-state index is 5.26. The van der Waals surface area contributed by atoms with Crippen LogP contribution >= 0.6 is 0 Å². The number of anilines is 1. The van der Waals surface area contributed by atoms with Crippen molar-refractivity contribution in [3.8, 4) is 5.75 Å². The lowest BCUT2D eigenvalue weighted by Crippen LogP contribution is -2.47. The van der Waals surface area contributed by atoms with Gasteiger partial charge in [-0.25, -0.2) is 0 Å². The van der Waals surface area contributed by atoms with Gasteiger partial charge in [0.05, 0.1) is 7.11 Å². The molecule has 1 atom stereocenters. The van der Waals surface area contributed by atoms with Crippen molar-refractivity contribution in [2.75, 3.05) is 78.0 Å². The Labute approximate surface area is 182 Å². The van der Waals surface area contributed by atoms with Gasteiger partial charge in [0, 0.05) is 58.0 Å². The van der Waals surface area contributed by atoms with Gasteiger partial charge in [0.2, 0.25) is 0 Å². The molecule has 2 heterocycles. The summed E-state index contributed by atoms with van der Waals surface area (Å²) in [5.74, 6) is 1.85. The Morgan fingerprint density at radius 3 is 2.53 bits per heavy atom. The lowest BCUT2D eigenvalue weighted by Gasteiger charge is -2.36. The average Bonchev–Trinajstić information content (AvgIpc) is 3.27. The summed E-state index contributed by atoms with van der Waals surface area (Å²) in [6.07, 6.45) is 3.74. The number of nitrogens with one attached hydrogen (secondary N) is 2. The van der Waals surface area contributed by atoms with Gasteiger partial charge in [0.15, 0.2) is 5.96 Å². The molecule has 0 aromatic heterocycles. The zero-order valence-electron chi connectivity index (χ0n) is 19.1. The quantitative estimate of drug-likeness (QED) is 0.364. The Morgan fingerprint density at radius 2 is 1.87 bits per heavy atom. The Kier molecular flexibility index (Phi) is 9.08. The van der Waals surface area contributed by atoms with Crippen molar-refractivity contribution in [1.82, 2.24) is 20.4 Å². The van der Waals surface area contributed by atoms with Crippen LogP contribution in [0.1, 0.15) is 26.2 Å². The largest absolute Gasteiger partial charge is 0.497 e. The summed E-state index contributed by atoms with van der Waals surface area (Å²) in [5.41, 5.74) is 1.29. The van der Waals surface area contributed by atoms with E-state index in [1.165, 1.54) is 25.1 Å². The van der Waals surface area contributed by atoms with Crippen LogP contribution in [-0.4, -0.2) is 94.9 Å². The van der Waals surface area contributed by atoms with Crippen LogP contribution < -0.4 is 20.3 Å². The number of benzene rings is 1. The third-order valence-corrected chi connectivity index (χ3v) is 6.39. The van der Waals surface area contributed by atoms with Gasteiger partial charge < -0.3 is 20.3 Å². The molecule has 0 aliphatic carbocycles. The number of likely N-dealkylation sites (tertiary alicyclic amines) is 1. The first-order valence-electron chi connectivity index (χ1n) is 11.5. The summed E-state index contributed by atoms with van der Waals surface area (Å²) in [6.45, 7) is 12.1. The van der Waals surface area contributed by atoms with Crippen LogP contribution in [0.3, 0.4) is 0 Å². The van der Waals surface area contributed by atoms with E-state index in [0.29, 0.717) is 6.04 Å².